The van der Waals surface area contributed by atoms with Crippen molar-refractivity contribution in [3.05, 3.63) is 62.8 Å². The molecule has 0 aliphatic heterocycles. The summed E-state index contributed by atoms with van der Waals surface area (Å²) in [4.78, 5) is 0. The Morgan fingerprint density at radius 1 is 1.28 bits per heavy atom. The first-order valence-corrected chi connectivity index (χ1v) is 6.68. The summed E-state index contributed by atoms with van der Waals surface area (Å²) >= 11 is 9.26. The second-order valence-electron chi connectivity index (χ2n) is 4.03. The van der Waals surface area contributed by atoms with Crippen LogP contribution in [0.1, 0.15) is 11.1 Å². The lowest BCUT2D eigenvalue weighted by atomic mass is 10.1. The lowest BCUT2D eigenvalue weighted by molar-refractivity contribution is 0.620. The molecule has 0 aromatic heterocycles. The molecule has 0 fully saturated rings. The van der Waals surface area contributed by atoms with Crippen LogP contribution in [-0.2, 0) is 6.54 Å². The standard InChI is InChI=1S/C14H12BrClFN/c1-9-6-13(17)11(15)7-14(9)18-8-10-4-2-3-5-12(10)16/h2-7,18H,8H2,1H3. The van der Waals surface area contributed by atoms with Crippen molar-refractivity contribution in [2.24, 2.45) is 0 Å². The molecule has 1 N–H and O–H groups in total. The average molecular weight is 329 g/mol. The van der Waals surface area contributed by atoms with Crippen LogP contribution in [0.3, 0.4) is 0 Å². The van der Waals surface area contributed by atoms with E-state index in [0.717, 1.165) is 21.8 Å². The summed E-state index contributed by atoms with van der Waals surface area (Å²) in [5, 5.41) is 3.98. The molecule has 0 saturated heterocycles. The van der Waals surface area contributed by atoms with Gasteiger partial charge in [-0.25, -0.2) is 4.39 Å². The molecule has 1 nitrogen and oxygen atoms in total. The maximum atomic E-state index is 13.3. The molecule has 0 atom stereocenters. The van der Waals surface area contributed by atoms with Gasteiger partial charge in [0.05, 0.1) is 4.47 Å². The third-order valence-corrected chi connectivity index (χ3v) is 3.67. The number of hydrogen-bond donors (Lipinski definition) is 1. The molecule has 2 aromatic carbocycles. The predicted molar refractivity (Wildman–Crippen MR) is 77.6 cm³/mol. The monoisotopic (exact) mass is 327 g/mol. The van der Waals surface area contributed by atoms with E-state index in [0.29, 0.717) is 11.0 Å². The first-order chi connectivity index (χ1) is 8.58. The van der Waals surface area contributed by atoms with Crippen molar-refractivity contribution < 1.29 is 4.39 Å². The van der Waals surface area contributed by atoms with Gasteiger partial charge in [-0.15, -0.1) is 0 Å². The highest BCUT2D eigenvalue weighted by Crippen LogP contribution is 2.25. The van der Waals surface area contributed by atoms with Crippen LogP contribution in [0.5, 0.6) is 0 Å². The molecule has 0 aliphatic carbocycles. The Labute approximate surface area is 119 Å². The lowest BCUT2D eigenvalue weighted by Crippen LogP contribution is -2.02. The van der Waals surface area contributed by atoms with Crippen LogP contribution in [0.25, 0.3) is 0 Å². The third kappa shape index (κ3) is 3.03. The fourth-order valence-electron chi connectivity index (χ4n) is 1.67. The Balaban J connectivity index is 2.16. The zero-order valence-corrected chi connectivity index (χ0v) is 12.1. The van der Waals surface area contributed by atoms with Crippen molar-refractivity contribution in [2.75, 3.05) is 5.32 Å². The van der Waals surface area contributed by atoms with E-state index in [1.807, 2.05) is 31.2 Å². The minimum Gasteiger partial charge on any atom is -0.381 e. The van der Waals surface area contributed by atoms with Crippen molar-refractivity contribution in [3.63, 3.8) is 0 Å². The summed E-state index contributed by atoms with van der Waals surface area (Å²) < 4.78 is 13.7. The number of hydrogen-bond acceptors (Lipinski definition) is 1. The third-order valence-electron chi connectivity index (χ3n) is 2.69. The van der Waals surface area contributed by atoms with E-state index in [9.17, 15) is 4.39 Å². The number of anilines is 1. The van der Waals surface area contributed by atoms with Crippen LogP contribution in [-0.4, -0.2) is 0 Å². The van der Waals surface area contributed by atoms with E-state index in [2.05, 4.69) is 21.2 Å². The quantitative estimate of drug-likeness (QED) is 0.820. The van der Waals surface area contributed by atoms with Gasteiger partial charge in [-0.1, -0.05) is 29.8 Å². The number of rotatable bonds is 3. The number of halogens is 3. The largest absolute Gasteiger partial charge is 0.381 e. The van der Waals surface area contributed by atoms with Crippen molar-refractivity contribution in [1.82, 2.24) is 0 Å². The zero-order chi connectivity index (χ0) is 13.1. The lowest BCUT2D eigenvalue weighted by Gasteiger charge is -2.11. The molecule has 0 heterocycles. The van der Waals surface area contributed by atoms with Crippen LogP contribution in [0.4, 0.5) is 10.1 Å². The van der Waals surface area contributed by atoms with Gasteiger partial charge < -0.3 is 5.32 Å². The van der Waals surface area contributed by atoms with E-state index < -0.39 is 0 Å². The summed E-state index contributed by atoms with van der Waals surface area (Å²) in [5.41, 5.74) is 2.77. The van der Waals surface area contributed by atoms with Gasteiger partial charge in [-0.2, -0.15) is 0 Å². The molecular weight excluding hydrogens is 317 g/mol. The average Bonchev–Trinajstić information content (AvgIpc) is 2.34. The molecule has 0 radical (unpaired) electrons. The first-order valence-electron chi connectivity index (χ1n) is 5.51. The van der Waals surface area contributed by atoms with Gasteiger partial charge in [-0.3, -0.25) is 0 Å². The van der Waals surface area contributed by atoms with E-state index >= 15 is 0 Å². The number of aryl methyl sites for hydroxylation is 1. The highest BCUT2D eigenvalue weighted by molar-refractivity contribution is 9.10. The molecule has 0 amide bonds. The zero-order valence-electron chi connectivity index (χ0n) is 9.81. The molecule has 4 heteroatoms. The maximum absolute atomic E-state index is 13.3. The Morgan fingerprint density at radius 2 is 2.00 bits per heavy atom. The summed E-state index contributed by atoms with van der Waals surface area (Å²) in [6, 6.07) is 10.9. The number of nitrogens with one attached hydrogen (secondary N) is 1. The molecular formula is C14H12BrClFN. The fraction of sp³-hybridized carbons (Fsp3) is 0.143. The van der Waals surface area contributed by atoms with Crippen molar-refractivity contribution in [1.29, 1.82) is 0 Å². The SMILES string of the molecule is Cc1cc(F)c(Br)cc1NCc1ccccc1Cl. The summed E-state index contributed by atoms with van der Waals surface area (Å²) in [7, 11) is 0. The van der Waals surface area contributed by atoms with E-state index in [4.69, 9.17) is 11.6 Å². The smallest absolute Gasteiger partial charge is 0.137 e. The van der Waals surface area contributed by atoms with Gasteiger partial charge in [0.1, 0.15) is 5.82 Å². The first kappa shape index (κ1) is 13.4. The highest BCUT2D eigenvalue weighted by atomic mass is 79.9. The Hall–Kier alpha value is -1.06. The second kappa shape index (κ2) is 5.72. The molecule has 0 saturated carbocycles. The maximum Gasteiger partial charge on any atom is 0.137 e. The van der Waals surface area contributed by atoms with Crippen LogP contribution in [0, 0.1) is 12.7 Å². The van der Waals surface area contributed by atoms with Crippen molar-refractivity contribution >= 4 is 33.2 Å². The van der Waals surface area contributed by atoms with Crippen molar-refractivity contribution in [3.8, 4) is 0 Å². The Kier molecular flexibility index (Phi) is 4.25. The predicted octanol–water partition coefficient (Wildman–Crippen LogP) is 5.16. The molecule has 94 valence electrons. The van der Waals surface area contributed by atoms with Crippen LogP contribution in [0.2, 0.25) is 5.02 Å². The molecule has 0 spiro atoms. The summed E-state index contributed by atoms with van der Waals surface area (Å²) in [6.07, 6.45) is 0. The van der Waals surface area contributed by atoms with Crippen LogP contribution < -0.4 is 5.32 Å². The summed E-state index contributed by atoms with van der Waals surface area (Å²) in [6.45, 7) is 2.48. The minimum atomic E-state index is -0.254. The van der Waals surface area contributed by atoms with E-state index in [1.165, 1.54) is 6.07 Å². The van der Waals surface area contributed by atoms with E-state index in [1.54, 1.807) is 6.07 Å². The molecule has 18 heavy (non-hydrogen) atoms. The molecule has 0 unspecified atom stereocenters. The van der Waals surface area contributed by atoms with E-state index in [-0.39, 0.29) is 5.82 Å². The second-order valence-corrected chi connectivity index (χ2v) is 5.29. The topological polar surface area (TPSA) is 12.0 Å². The van der Waals surface area contributed by atoms with Gasteiger partial charge in [0.25, 0.3) is 0 Å². The normalized spacial score (nSPS) is 10.4. The highest BCUT2D eigenvalue weighted by Gasteiger charge is 2.05. The molecule has 0 aliphatic rings. The Bertz CT molecular complexity index is 572. The van der Waals surface area contributed by atoms with Crippen LogP contribution >= 0.6 is 27.5 Å². The van der Waals surface area contributed by atoms with Gasteiger partial charge in [0.2, 0.25) is 0 Å². The van der Waals surface area contributed by atoms with Gasteiger partial charge in [0.15, 0.2) is 0 Å². The van der Waals surface area contributed by atoms with Gasteiger partial charge in [0, 0.05) is 17.3 Å². The molecule has 2 aromatic rings. The number of benzene rings is 2. The fourth-order valence-corrected chi connectivity index (χ4v) is 2.21. The molecule has 0 bridgehead atoms. The van der Waals surface area contributed by atoms with Crippen LogP contribution in [0.15, 0.2) is 40.9 Å². The van der Waals surface area contributed by atoms with Gasteiger partial charge in [-0.05, 0) is 52.2 Å². The molecule has 2 rings (SSSR count). The van der Waals surface area contributed by atoms with Crippen molar-refractivity contribution in [2.45, 2.75) is 13.5 Å². The minimum absolute atomic E-state index is 0.254. The summed E-state index contributed by atoms with van der Waals surface area (Å²) in [5.74, 6) is -0.254. The van der Waals surface area contributed by atoms with Gasteiger partial charge >= 0.3 is 0 Å². The Morgan fingerprint density at radius 3 is 2.72 bits per heavy atom.